The SMILES string of the molecule is COC(=O)c1cc([N+](=O)[O-])ccc1NCC(C)O. The van der Waals surface area contributed by atoms with Crippen LogP contribution in [0.5, 0.6) is 0 Å². The molecule has 0 fully saturated rings. The molecule has 0 aliphatic heterocycles. The predicted octanol–water partition coefficient (Wildman–Crippen LogP) is 1.17. The summed E-state index contributed by atoms with van der Waals surface area (Å²) in [4.78, 5) is 21.5. The highest BCUT2D eigenvalue weighted by molar-refractivity contribution is 5.96. The first-order valence-corrected chi connectivity index (χ1v) is 5.24. The summed E-state index contributed by atoms with van der Waals surface area (Å²) in [6, 6.07) is 3.82. The average molecular weight is 254 g/mol. The molecule has 1 unspecified atom stereocenters. The Hall–Kier alpha value is -2.15. The Balaban J connectivity index is 3.08. The van der Waals surface area contributed by atoms with Crippen molar-refractivity contribution in [2.45, 2.75) is 13.0 Å². The van der Waals surface area contributed by atoms with E-state index in [1.165, 1.54) is 19.2 Å². The zero-order valence-electron chi connectivity index (χ0n) is 10.0. The third-order valence-electron chi connectivity index (χ3n) is 2.21. The number of aliphatic hydroxyl groups excluding tert-OH is 1. The fraction of sp³-hybridized carbons (Fsp3) is 0.364. The minimum absolute atomic E-state index is 0.0624. The number of carbonyl (C=O) groups excluding carboxylic acids is 1. The zero-order valence-corrected chi connectivity index (χ0v) is 10.0. The molecule has 0 radical (unpaired) electrons. The molecule has 2 N–H and O–H groups in total. The van der Waals surface area contributed by atoms with Crippen molar-refractivity contribution in [3.8, 4) is 0 Å². The number of esters is 1. The topological polar surface area (TPSA) is 102 Å². The van der Waals surface area contributed by atoms with E-state index < -0.39 is 17.0 Å². The Morgan fingerprint density at radius 3 is 2.78 bits per heavy atom. The number of carbonyl (C=O) groups is 1. The molecule has 0 aliphatic rings. The van der Waals surface area contributed by atoms with Gasteiger partial charge in [0.05, 0.1) is 23.7 Å². The molecule has 7 nitrogen and oxygen atoms in total. The van der Waals surface area contributed by atoms with Crippen molar-refractivity contribution >= 4 is 17.3 Å². The summed E-state index contributed by atoms with van der Waals surface area (Å²) in [5, 5.41) is 22.6. The van der Waals surface area contributed by atoms with E-state index in [1.807, 2.05) is 0 Å². The van der Waals surface area contributed by atoms with Crippen LogP contribution in [0.2, 0.25) is 0 Å². The van der Waals surface area contributed by atoms with Crippen LogP contribution in [0.25, 0.3) is 0 Å². The van der Waals surface area contributed by atoms with Crippen molar-refractivity contribution in [1.29, 1.82) is 0 Å². The molecule has 7 heteroatoms. The third kappa shape index (κ3) is 3.42. The number of hydrogen-bond acceptors (Lipinski definition) is 6. The van der Waals surface area contributed by atoms with Gasteiger partial charge in [-0.2, -0.15) is 0 Å². The van der Waals surface area contributed by atoms with E-state index in [0.717, 1.165) is 6.07 Å². The van der Waals surface area contributed by atoms with Crippen molar-refractivity contribution in [3.05, 3.63) is 33.9 Å². The molecular formula is C11H14N2O5. The first-order chi connectivity index (χ1) is 8.45. The largest absolute Gasteiger partial charge is 0.465 e. The lowest BCUT2D eigenvalue weighted by Crippen LogP contribution is -2.17. The second-order valence-corrected chi connectivity index (χ2v) is 3.71. The summed E-state index contributed by atoms with van der Waals surface area (Å²) in [5.74, 6) is -0.674. The van der Waals surface area contributed by atoms with Gasteiger partial charge in [0.2, 0.25) is 0 Å². The molecule has 1 aromatic carbocycles. The number of methoxy groups -OCH3 is 1. The van der Waals surface area contributed by atoms with Gasteiger partial charge in [0.15, 0.2) is 0 Å². The van der Waals surface area contributed by atoms with Crippen molar-refractivity contribution in [2.75, 3.05) is 19.0 Å². The Bertz CT molecular complexity index is 459. The number of benzene rings is 1. The van der Waals surface area contributed by atoms with Gasteiger partial charge in [-0.05, 0) is 13.0 Å². The van der Waals surface area contributed by atoms with Crippen molar-refractivity contribution in [3.63, 3.8) is 0 Å². The number of nitrogens with one attached hydrogen (secondary N) is 1. The molecule has 98 valence electrons. The Morgan fingerprint density at radius 2 is 2.28 bits per heavy atom. The molecule has 1 atom stereocenters. The first kappa shape index (κ1) is 13.9. The third-order valence-corrected chi connectivity index (χ3v) is 2.21. The monoisotopic (exact) mass is 254 g/mol. The minimum Gasteiger partial charge on any atom is -0.465 e. The van der Waals surface area contributed by atoms with Gasteiger partial charge in [-0.3, -0.25) is 10.1 Å². The second-order valence-electron chi connectivity index (χ2n) is 3.71. The quantitative estimate of drug-likeness (QED) is 0.464. The first-order valence-electron chi connectivity index (χ1n) is 5.24. The summed E-state index contributed by atoms with van der Waals surface area (Å²) in [6.45, 7) is 1.80. The van der Waals surface area contributed by atoms with Crippen molar-refractivity contribution in [1.82, 2.24) is 0 Å². The molecule has 1 rings (SSSR count). The van der Waals surface area contributed by atoms with E-state index in [-0.39, 0.29) is 17.8 Å². The van der Waals surface area contributed by atoms with Crippen LogP contribution in [0.1, 0.15) is 17.3 Å². The number of aliphatic hydroxyl groups is 1. The van der Waals surface area contributed by atoms with E-state index in [2.05, 4.69) is 10.1 Å². The van der Waals surface area contributed by atoms with Crippen LogP contribution in [0, 0.1) is 10.1 Å². The lowest BCUT2D eigenvalue weighted by atomic mass is 10.1. The molecule has 0 saturated heterocycles. The van der Waals surface area contributed by atoms with Gasteiger partial charge in [0, 0.05) is 24.4 Å². The lowest BCUT2D eigenvalue weighted by molar-refractivity contribution is -0.384. The molecule has 18 heavy (non-hydrogen) atoms. The van der Waals surface area contributed by atoms with Gasteiger partial charge in [-0.15, -0.1) is 0 Å². The number of ether oxygens (including phenoxy) is 1. The van der Waals surface area contributed by atoms with Crippen molar-refractivity contribution < 1.29 is 19.6 Å². The number of anilines is 1. The summed E-state index contributed by atoms with van der Waals surface area (Å²) in [5.41, 5.74) is 0.249. The van der Waals surface area contributed by atoms with Gasteiger partial charge in [0.1, 0.15) is 0 Å². The smallest absolute Gasteiger partial charge is 0.340 e. The molecule has 0 amide bonds. The van der Waals surface area contributed by atoms with Gasteiger partial charge in [-0.1, -0.05) is 0 Å². The maximum absolute atomic E-state index is 11.5. The Kier molecular flexibility index (Phi) is 4.61. The van der Waals surface area contributed by atoms with Gasteiger partial charge < -0.3 is 15.2 Å². The highest BCUT2D eigenvalue weighted by atomic mass is 16.6. The summed E-state index contributed by atoms with van der Waals surface area (Å²) in [6.07, 6.45) is -0.606. The molecule has 0 aliphatic carbocycles. The van der Waals surface area contributed by atoms with Crippen LogP contribution in [0.4, 0.5) is 11.4 Å². The van der Waals surface area contributed by atoms with Gasteiger partial charge in [0.25, 0.3) is 5.69 Å². The van der Waals surface area contributed by atoms with E-state index in [9.17, 15) is 14.9 Å². The molecular weight excluding hydrogens is 240 g/mol. The Morgan fingerprint density at radius 1 is 1.61 bits per heavy atom. The highest BCUT2D eigenvalue weighted by Gasteiger charge is 2.17. The van der Waals surface area contributed by atoms with Crippen LogP contribution < -0.4 is 5.32 Å². The summed E-state index contributed by atoms with van der Waals surface area (Å²) >= 11 is 0. The number of nitro groups is 1. The van der Waals surface area contributed by atoms with Crippen LogP contribution in [0.15, 0.2) is 18.2 Å². The maximum Gasteiger partial charge on any atom is 0.340 e. The molecule has 0 saturated carbocycles. The van der Waals surface area contributed by atoms with Crippen molar-refractivity contribution in [2.24, 2.45) is 0 Å². The molecule has 0 aromatic heterocycles. The standard InChI is InChI=1S/C11H14N2O5/c1-7(14)6-12-10-4-3-8(13(16)17)5-9(10)11(15)18-2/h3-5,7,12,14H,6H2,1-2H3. The van der Waals surface area contributed by atoms with Gasteiger partial charge >= 0.3 is 5.97 Å². The minimum atomic E-state index is -0.674. The number of nitro benzene ring substituents is 1. The number of rotatable bonds is 5. The molecule has 0 heterocycles. The predicted molar refractivity (Wildman–Crippen MR) is 64.6 cm³/mol. The second kappa shape index (κ2) is 5.97. The van der Waals surface area contributed by atoms with Crippen LogP contribution >= 0.6 is 0 Å². The number of nitrogens with zero attached hydrogens (tertiary/aromatic N) is 1. The van der Waals surface area contributed by atoms with E-state index in [1.54, 1.807) is 6.92 Å². The molecule has 0 spiro atoms. The maximum atomic E-state index is 11.5. The van der Waals surface area contributed by atoms with Crippen LogP contribution in [0.3, 0.4) is 0 Å². The highest BCUT2D eigenvalue weighted by Crippen LogP contribution is 2.22. The van der Waals surface area contributed by atoms with E-state index in [4.69, 9.17) is 5.11 Å². The van der Waals surface area contributed by atoms with Crippen LogP contribution in [-0.4, -0.2) is 35.8 Å². The number of hydrogen-bond donors (Lipinski definition) is 2. The van der Waals surface area contributed by atoms with Crippen LogP contribution in [-0.2, 0) is 4.74 Å². The molecule has 1 aromatic rings. The number of non-ortho nitro benzene ring substituents is 1. The van der Waals surface area contributed by atoms with E-state index in [0.29, 0.717) is 5.69 Å². The van der Waals surface area contributed by atoms with Gasteiger partial charge in [-0.25, -0.2) is 4.79 Å². The summed E-state index contributed by atoms with van der Waals surface area (Å²) in [7, 11) is 1.19. The fourth-order valence-electron chi connectivity index (χ4n) is 1.34. The Labute approximate surface area is 104 Å². The lowest BCUT2D eigenvalue weighted by Gasteiger charge is -2.11. The zero-order chi connectivity index (χ0) is 13.7. The average Bonchev–Trinajstić information content (AvgIpc) is 2.34. The fourth-order valence-corrected chi connectivity index (χ4v) is 1.34. The summed E-state index contributed by atoms with van der Waals surface area (Å²) < 4.78 is 4.55. The molecule has 0 bridgehead atoms. The van der Waals surface area contributed by atoms with E-state index >= 15 is 0 Å². The normalized spacial score (nSPS) is 11.7.